The van der Waals surface area contributed by atoms with Crippen LogP contribution in [0.2, 0.25) is 0 Å². The summed E-state index contributed by atoms with van der Waals surface area (Å²) >= 11 is 0. The molecule has 3 heterocycles. The lowest BCUT2D eigenvalue weighted by atomic mass is 9.51. The molecule has 8 rings (SSSR count). The van der Waals surface area contributed by atoms with Crippen LogP contribution in [0.1, 0.15) is 125 Å². The number of carbonyl (C=O) groups excluding carboxylic acids is 2. The third kappa shape index (κ3) is 9.55. The number of rotatable bonds is 0. The minimum Gasteiger partial charge on any atom is -0.393 e. The van der Waals surface area contributed by atoms with Gasteiger partial charge in [-0.3, -0.25) is 14.9 Å². The molecule has 10 heteroatoms. The van der Waals surface area contributed by atoms with Crippen LogP contribution < -0.4 is 16.4 Å². The van der Waals surface area contributed by atoms with Crippen molar-refractivity contribution in [3.8, 4) is 11.8 Å². The SMILES string of the molecule is C=C1/C=C2\C=C[C@@]3(CC[C@@]4([C@@H]5CC[C@H](O)Cc6cccc(c6)CC[C@H](O)CN[C@H]6C(=O)N[C@@H](N)c7cccc(c76)CC(=O)/C(C)=C/5CC[C@@]4(C)O)[C@@H]3O)C(=C2)COCC#CC/C(C)=C/CC1. The Balaban J connectivity index is 1.21. The Morgan fingerprint density at radius 1 is 0.924 bits per heavy atom. The second kappa shape index (κ2) is 19.9. The number of ketones is 1. The van der Waals surface area contributed by atoms with E-state index < -0.39 is 52.9 Å². The first kappa shape index (κ1) is 47.8. The van der Waals surface area contributed by atoms with Crippen molar-refractivity contribution < 1.29 is 34.8 Å². The number of nitrogens with two attached hydrogens (primary N) is 1. The second-order valence-corrected chi connectivity index (χ2v) is 20.2. The summed E-state index contributed by atoms with van der Waals surface area (Å²) < 4.78 is 6.28. The Hall–Kier alpha value is -4.70. The van der Waals surface area contributed by atoms with E-state index in [1.54, 1.807) is 0 Å². The molecule has 0 aromatic heterocycles. The normalized spacial score (nSPS) is 36.5. The van der Waals surface area contributed by atoms with Crippen molar-refractivity contribution >= 4 is 11.7 Å². The first-order valence-corrected chi connectivity index (χ1v) is 24.1. The molecule has 2 aromatic carbocycles. The van der Waals surface area contributed by atoms with Crippen LogP contribution in [0, 0.1) is 28.6 Å². The molecule has 0 radical (unpaired) electrons. The highest BCUT2D eigenvalue weighted by atomic mass is 16.5. The topological polar surface area (TPSA) is 174 Å². The second-order valence-electron chi connectivity index (χ2n) is 20.2. The zero-order valence-electron chi connectivity index (χ0n) is 39.0. The molecule has 2 saturated carbocycles. The predicted molar refractivity (Wildman–Crippen MR) is 257 cm³/mol. The molecule has 66 heavy (non-hydrogen) atoms. The summed E-state index contributed by atoms with van der Waals surface area (Å²) in [5.41, 5.74) is 12.8. The van der Waals surface area contributed by atoms with Gasteiger partial charge in [-0.1, -0.05) is 108 Å². The number of Topliss-reactive ketones (excluding diaryl/α,β-unsaturated/α-hetero) is 1. The van der Waals surface area contributed by atoms with E-state index in [0.29, 0.717) is 86.5 Å². The van der Waals surface area contributed by atoms with E-state index in [1.165, 1.54) is 5.57 Å². The Bertz CT molecular complexity index is 2450. The Labute approximate surface area is 390 Å². The number of carbonyl (C=O) groups is 2. The summed E-state index contributed by atoms with van der Waals surface area (Å²) in [5, 5.41) is 55.4. The van der Waals surface area contributed by atoms with Crippen LogP contribution in [0.15, 0.2) is 113 Å². The molecule has 6 aliphatic rings. The van der Waals surface area contributed by atoms with Gasteiger partial charge in [0.2, 0.25) is 5.91 Å². The van der Waals surface area contributed by atoms with Crippen LogP contribution in [-0.2, 0) is 33.6 Å². The average molecular weight is 896 g/mol. The molecular formula is C56H69N3O7. The minimum atomic E-state index is -1.33. The number of ether oxygens (including phenoxy) is 1. The van der Waals surface area contributed by atoms with Crippen LogP contribution >= 0.6 is 0 Å². The lowest BCUT2D eigenvalue weighted by molar-refractivity contribution is -0.174. The first-order chi connectivity index (χ1) is 31.6. The van der Waals surface area contributed by atoms with Gasteiger partial charge in [-0.05, 0) is 142 Å². The van der Waals surface area contributed by atoms with Crippen molar-refractivity contribution in [2.75, 3.05) is 19.8 Å². The van der Waals surface area contributed by atoms with Crippen LogP contribution in [0.4, 0.5) is 0 Å². The molecule has 3 aliphatic carbocycles. The number of hydrogen-bond acceptors (Lipinski definition) is 9. The molecule has 10 nitrogen and oxygen atoms in total. The summed E-state index contributed by atoms with van der Waals surface area (Å²) in [6.45, 7) is 10.8. The fraction of sp³-hybridized carbons (Fsp3) is 0.500. The van der Waals surface area contributed by atoms with Crippen molar-refractivity contribution in [3.63, 3.8) is 0 Å². The molecule has 2 spiro atoms. The van der Waals surface area contributed by atoms with Crippen molar-refractivity contribution in [3.05, 3.63) is 141 Å². The molecule has 2 aromatic rings. The van der Waals surface area contributed by atoms with Crippen molar-refractivity contribution in [1.29, 1.82) is 0 Å². The van der Waals surface area contributed by atoms with Crippen molar-refractivity contribution in [2.24, 2.45) is 22.5 Å². The fourth-order valence-electron chi connectivity index (χ4n) is 12.2. The summed E-state index contributed by atoms with van der Waals surface area (Å²) in [4.78, 5) is 28.5. The van der Waals surface area contributed by atoms with E-state index in [4.69, 9.17) is 10.5 Å². The van der Waals surface area contributed by atoms with Gasteiger partial charge in [0.25, 0.3) is 0 Å². The van der Waals surface area contributed by atoms with Crippen LogP contribution in [0.3, 0.4) is 0 Å². The monoisotopic (exact) mass is 896 g/mol. The first-order valence-electron chi connectivity index (χ1n) is 24.1. The molecule has 350 valence electrons. The molecular weight excluding hydrogens is 827 g/mol. The predicted octanol–water partition coefficient (Wildman–Crippen LogP) is 6.94. The third-order valence-electron chi connectivity index (χ3n) is 15.9. The quantitative estimate of drug-likeness (QED) is 0.109. The number of benzene rings is 2. The number of hydrogen-bond donors (Lipinski definition) is 7. The lowest BCUT2D eigenvalue weighted by Crippen LogP contribution is -2.61. The molecule has 2 fully saturated rings. The summed E-state index contributed by atoms with van der Waals surface area (Å²) in [5.74, 6) is 5.51. The number of nitrogens with one attached hydrogen (secondary N) is 2. The number of aryl methyl sites for hydroxylation is 1. The van der Waals surface area contributed by atoms with Crippen molar-refractivity contribution in [2.45, 2.75) is 140 Å². The highest BCUT2D eigenvalue weighted by Gasteiger charge is 2.68. The van der Waals surface area contributed by atoms with E-state index >= 15 is 0 Å². The molecule has 0 unspecified atom stereocenters. The van der Waals surface area contributed by atoms with Gasteiger partial charge in [-0.2, -0.15) is 0 Å². The van der Waals surface area contributed by atoms with Gasteiger partial charge in [0.05, 0.1) is 30.5 Å². The largest absolute Gasteiger partial charge is 0.393 e. The van der Waals surface area contributed by atoms with Gasteiger partial charge in [-0.15, -0.1) is 0 Å². The highest BCUT2D eigenvalue weighted by molar-refractivity contribution is 5.98. The Morgan fingerprint density at radius 3 is 2.56 bits per heavy atom. The van der Waals surface area contributed by atoms with Crippen LogP contribution in [0.25, 0.3) is 0 Å². The average Bonchev–Trinajstić information content (AvgIpc) is 3.57. The van der Waals surface area contributed by atoms with E-state index in [-0.39, 0.29) is 37.9 Å². The minimum absolute atomic E-state index is 0.00496. The third-order valence-corrected chi connectivity index (χ3v) is 15.9. The zero-order valence-corrected chi connectivity index (χ0v) is 39.0. The molecule has 0 saturated heterocycles. The maximum atomic E-state index is 14.9. The smallest absolute Gasteiger partial charge is 0.243 e. The van der Waals surface area contributed by atoms with Crippen LogP contribution in [-0.4, -0.2) is 75.8 Å². The van der Waals surface area contributed by atoms with E-state index in [2.05, 4.69) is 72.4 Å². The molecule has 8 N–H and O–H groups in total. The Morgan fingerprint density at radius 2 is 1.73 bits per heavy atom. The highest BCUT2D eigenvalue weighted by Crippen LogP contribution is 2.67. The number of aliphatic hydroxyl groups excluding tert-OH is 3. The fourth-order valence-corrected chi connectivity index (χ4v) is 12.2. The van der Waals surface area contributed by atoms with E-state index in [9.17, 15) is 30.0 Å². The standard InChI is InChI=1S/C56H69N3O7/c1-35-10-5-6-27-66-34-42-30-40(28-36(2)12-7-11-35)21-24-55(42)25-26-56(53(55)64)47-20-19-43(60)31-39-14-8-13-38(29-39)17-18-44(61)33-58-50-49-41(15-9-16-46(49)51(57)59-52(50)63)32-48(62)37(3)45(47)22-23-54(56,4)65/h8-9,11,13-16,21,24,28-30,43-44,47,50-51,53,58,60-61,64-65H,2,7,10,12,17-20,22-23,25-27,31-34,57H2,1,3-4H3,(H,59,63)/b35-11+,40-28+,45-37+/t43-,44-,47+,50+,51+,53+,54+,55+,56+/m0/s1. The number of aliphatic hydroxyl groups is 4. The van der Waals surface area contributed by atoms with E-state index in [0.717, 1.165) is 46.3 Å². The number of fused-ring (bicyclic) bond motifs is 6. The van der Waals surface area contributed by atoms with Gasteiger partial charge >= 0.3 is 0 Å². The van der Waals surface area contributed by atoms with Crippen LogP contribution in [0.5, 0.6) is 0 Å². The van der Waals surface area contributed by atoms with E-state index in [1.807, 2.05) is 50.2 Å². The lowest BCUT2D eigenvalue weighted by Gasteiger charge is -2.57. The van der Waals surface area contributed by atoms with Gasteiger partial charge < -0.3 is 36.2 Å². The number of amides is 1. The van der Waals surface area contributed by atoms with Gasteiger partial charge in [0.15, 0.2) is 5.78 Å². The molecule has 3 aliphatic heterocycles. The molecule has 1 amide bonds. The van der Waals surface area contributed by atoms with Gasteiger partial charge in [0.1, 0.15) is 18.8 Å². The maximum absolute atomic E-state index is 14.9. The van der Waals surface area contributed by atoms with Gasteiger partial charge in [0, 0.05) is 30.2 Å². The summed E-state index contributed by atoms with van der Waals surface area (Å²) in [6, 6.07) is 12.8. The molecule has 9 atom stereocenters. The Kier molecular flexibility index (Phi) is 14.4. The van der Waals surface area contributed by atoms with Gasteiger partial charge in [-0.25, -0.2) is 0 Å². The maximum Gasteiger partial charge on any atom is 0.243 e. The zero-order chi connectivity index (χ0) is 46.8. The summed E-state index contributed by atoms with van der Waals surface area (Å²) in [6.07, 6.45) is 13.8. The number of allylic oxidation sites excluding steroid dienone is 9. The van der Waals surface area contributed by atoms with Crippen molar-refractivity contribution in [1.82, 2.24) is 10.6 Å². The summed E-state index contributed by atoms with van der Waals surface area (Å²) in [7, 11) is 0. The molecule has 4 bridgehead atoms. The number of β-amino-alcohol motifs (C(OH)–C–C–N with tert-alkyl or cyclic N) is 1.